The van der Waals surface area contributed by atoms with Crippen LogP contribution in [0.5, 0.6) is 0 Å². The molecule has 8 aliphatic rings. The highest BCUT2D eigenvalue weighted by Crippen LogP contribution is 2.76. The predicted octanol–water partition coefficient (Wildman–Crippen LogP) is -0.156. The fourth-order valence-corrected chi connectivity index (χ4v) is 14.6. The van der Waals surface area contributed by atoms with Crippen LogP contribution in [0.3, 0.4) is 0 Å². The highest BCUT2D eigenvalue weighted by Gasteiger charge is 2.71. The fourth-order valence-electron chi connectivity index (χ4n) is 14.6. The summed E-state index contributed by atoms with van der Waals surface area (Å²) in [4.78, 5) is 28.5. The number of aliphatic carboxylic acids is 1. The molecule has 376 valence electrons. The number of fused-ring (bicyclic) bond motifs is 7. The average Bonchev–Trinajstić information content (AvgIpc) is 3.26. The van der Waals surface area contributed by atoms with Gasteiger partial charge in [-0.05, 0) is 111 Å². The Morgan fingerprint density at radius 1 is 0.697 bits per heavy atom. The lowest BCUT2D eigenvalue weighted by atomic mass is 9.33. The molecule has 23 unspecified atom stereocenters. The van der Waals surface area contributed by atoms with Crippen molar-refractivity contribution in [2.24, 2.45) is 50.2 Å². The molecule has 0 aromatic heterocycles. The Kier molecular flexibility index (Phi) is 13.6. The molecule has 23 atom stereocenters. The largest absolute Gasteiger partial charge is 0.481 e. The zero-order valence-electron chi connectivity index (χ0n) is 38.8. The summed E-state index contributed by atoms with van der Waals surface area (Å²) in [7, 11) is 0. The number of carbonyl (C=O) groups excluding carboxylic acids is 1. The molecule has 11 N–H and O–H groups in total. The van der Waals surface area contributed by atoms with Gasteiger partial charge in [0.05, 0.1) is 36.8 Å². The molecule has 0 spiro atoms. The molecule has 4 saturated carbocycles. The lowest BCUT2D eigenvalue weighted by molar-refractivity contribution is -0.328. The number of carboxylic acid groups (broad SMARTS) is 1. The van der Waals surface area contributed by atoms with E-state index in [0.29, 0.717) is 64.2 Å². The molecule has 0 bridgehead atoms. The van der Waals surface area contributed by atoms with Gasteiger partial charge in [0.15, 0.2) is 12.6 Å². The number of carboxylic acids is 1. The maximum Gasteiger partial charge on any atom is 0.315 e. The van der Waals surface area contributed by atoms with Crippen molar-refractivity contribution in [1.82, 2.24) is 0 Å². The van der Waals surface area contributed by atoms with Crippen molar-refractivity contribution in [2.75, 3.05) is 19.8 Å². The molecule has 8 rings (SSSR count). The van der Waals surface area contributed by atoms with E-state index in [1.54, 1.807) is 6.92 Å². The first-order valence-corrected chi connectivity index (χ1v) is 23.9. The van der Waals surface area contributed by atoms with E-state index in [9.17, 15) is 65.8 Å². The molecule has 19 nitrogen and oxygen atoms in total. The lowest BCUT2D eigenvalue weighted by Gasteiger charge is -2.71. The van der Waals surface area contributed by atoms with Crippen LogP contribution in [0.4, 0.5) is 0 Å². The number of allylic oxidation sites excluding steroid dienone is 2. The van der Waals surface area contributed by atoms with Crippen LogP contribution < -0.4 is 0 Å². The summed E-state index contributed by atoms with van der Waals surface area (Å²) < 4.78 is 34.9. The Bertz CT molecular complexity index is 1850. The van der Waals surface area contributed by atoms with Gasteiger partial charge in [0.2, 0.25) is 6.29 Å². The van der Waals surface area contributed by atoms with Crippen LogP contribution in [0, 0.1) is 50.2 Å². The third-order valence-corrected chi connectivity index (χ3v) is 19.0. The Balaban J connectivity index is 1.03. The van der Waals surface area contributed by atoms with Gasteiger partial charge in [-0.1, -0.05) is 46.3 Å². The number of rotatable bonds is 9. The first-order valence-electron chi connectivity index (χ1n) is 23.9. The molecule has 5 aliphatic carbocycles. The molecular weight excluding hydrogens is 868 g/mol. The summed E-state index contributed by atoms with van der Waals surface area (Å²) in [6, 6.07) is 0. The van der Waals surface area contributed by atoms with Crippen LogP contribution in [-0.2, 0) is 38.0 Å². The first kappa shape index (κ1) is 50.5. The van der Waals surface area contributed by atoms with Gasteiger partial charge in [0.1, 0.15) is 67.1 Å². The number of carbonyl (C=O) groups is 2. The summed E-state index contributed by atoms with van der Waals surface area (Å²) >= 11 is 0. The quantitative estimate of drug-likeness (QED) is 0.0813. The Morgan fingerprint density at radius 3 is 1.98 bits per heavy atom. The number of aliphatic hydroxyl groups is 10. The molecule has 3 saturated heterocycles. The third-order valence-electron chi connectivity index (χ3n) is 19.0. The normalized spacial score (nSPS) is 53.5. The van der Waals surface area contributed by atoms with Crippen LogP contribution in [0.25, 0.3) is 0 Å². The van der Waals surface area contributed by atoms with E-state index in [1.165, 1.54) is 5.57 Å². The predicted molar refractivity (Wildman–Crippen MR) is 226 cm³/mol. The van der Waals surface area contributed by atoms with Gasteiger partial charge in [-0.25, -0.2) is 0 Å². The minimum Gasteiger partial charge on any atom is -0.481 e. The third kappa shape index (κ3) is 7.73. The second-order valence-electron chi connectivity index (χ2n) is 22.8. The monoisotopic (exact) mass is 942 g/mol. The molecule has 3 heterocycles. The molecule has 7 fully saturated rings. The molecule has 0 aromatic carbocycles. The maximum atomic E-state index is 14.9. The van der Waals surface area contributed by atoms with Crippen LogP contribution >= 0.6 is 0 Å². The molecule has 0 aromatic rings. The molecule has 0 radical (unpaired) electrons. The number of aliphatic hydroxyl groups excluding tert-OH is 10. The minimum absolute atomic E-state index is 0.0579. The van der Waals surface area contributed by atoms with Crippen molar-refractivity contribution < 1.29 is 94.2 Å². The van der Waals surface area contributed by atoms with Crippen molar-refractivity contribution in [3.05, 3.63) is 11.6 Å². The average molecular weight is 943 g/mol. The minimum atomic E-state index is -1.84. The van der Waals surface area contributed by atoms with Crippen molar-refractivity contribution in [1.29, 1.82) is 0 Å². The Hall–Kier alpha value is -1.92. The van der Waals surface area contributed by atoms with Crippen molar-refractivity contribution in [2.45, 2.75) is 198 Å². The number of ether oxygens (including phenoxy) is 6. The lowest BCUT2D eigenvalue weighted by Crippen LogP contribution is -2.67. The van der Waals surface area contributed by atoms with Crippen LogP contribution in [0.15, 0.2) is 11.6 Å². The van der Waals surface area contributed by atoms with E-state index in [1.807, 2.05) is 0 Å². The van der Waals surface area contributed by atoms with Gasteiger partial charge in [0, 0.05) is 0 Å². The summed E-state index contributed by atoms with van der Waals surface area (Å²) in [5.74, 6) is -2.13. The van der Waals surface area contributed by atoms with E-state index in [4.69, 9.17) is 28.4 Å². The van der Waals surface area contributed by atoms with Crippen LogP contribution in [0.1, 0.15) is 106 Å². The molecule has 66 heavy (non-hydrogen) atoms. The second kappa shape index (κ2) is 17.7. The highest BCUT2D eigenvalue weighted by molar-refractivity contribution is 5.79. The summed E-state index contributed by atoms with van der Waals surface area (Å²) in [6.45, 7) is 11.4. The molecular formula is C47H74O19. The van der Waals surface area contributed by atoms with Crippen molar-refractivity contribution in [3.8, 4) is 0 Å². The van der Waals surface area contributed by atoms with Gasteiger partial charge in [0.25, 0.3) is 0 Å². The van der Waals surface area contributed by atoms with Gasteiger partial charge in [-0.3, -0.25) is 9.59 Å². The summed E-state index contributed by atoms with van der Waals surface area (Å²) in [5.41, 5.74) is -2.53. The number of hydrogen-bond acceptors (Lipinski definition) is 18. The van der Waals surface area contributed by atoms with Crippen LogP contribution in [0.2, 0.25) is 0 Å². The van der Waals surface area contributed by atoms with E-state index in [2.05, 4.69) is 40.7 Å². The zero-order chi connectivity index (χ0) is 48.3. The van der Waals surface area contributed by atoms with Gasteiger partial charge >= 0.3 is 11.9 Å². The smallest absolute Gasteiger partial charge is 0.315 e. The van der Waals surface area contributed by atoms with Crippen LogP contribution in [-0.4, -0.2) is 180 Å². The second-order valence-corrected chi connectivity index (χ2v) is 22.8. The maximum absolute atomic E-state index is 14.9. The SMILES string of the molecule is CC1(C)CCC2(C(=O)OC3OC(COC4OC(CO)C(O)C(O)C4O)C(O)C(O)C3O)CCC3(C)C(=CCC4C5(C)CCC(OC6OCC(O)C(O)C6O)C(C)(C(=O)O)C5CCC43C)C2C1. The zero-order valence-corrected chi connectivity index (χ0v) is 38.8. The summed E-state index contributed by atoms with van der Waals surface area (Å²) in [6.07, 6.45) is -14.7. The molecule has 0 amide bonds. The first-order chi connectivity index (χ1) is 30.8. The number of hydrogen-bond donors (Lipinski definition) is 11. The molecule has 3 aliphatic heterocycles. The summed E-state index contributed by atoms with van der Waals surface area (Å²) in [5, 5.41) is 116. The fraction of sp³-hybridized carbons (Fsp3) is 0.915. The topological polar surface area (TPSA) is 312 Å². The van der Waals surface area contributed by atoms with E-state index in [0.717, 1.165) is 0 Å². The standard InChI is InChI=1S/C47H74O19/c1-42(2)13-15-47(41(60)66-39-36(57)33(54)31(52)25(64-39)20-62-37-35(56)32(53)30(51)24(18-48)63-37)16-14-44(4)21(22(47)17-42)7-8-26-43(3)11-10-28(65-38-34(55)29(50)23(49)19-61-38)46(6,40(58)59)27(43)9-12-45(26,44)5/h7,22-39,48-57H,8-20H2,1-6H3,(H,58,59). The van der Waals surface area contributed by atoms with Gasteiger partial charge < -0.3 is 84.6 Å². The Labute approximate surface area is 385 Å². The Morgan fingerprint density at radius 2 is 1.32 bits per heavy atom. The van der Waals surface area contributed by atoms with Gasteiger partial charge in [-0.15, -0.1) is 0 Å². The van der Waals surface area contributed by atoms with Crippen molar-refractivity contribution in [3.63, 3.8) is 0 Å². The highest BCUT2D eigenvalue weighted by atomic mass is 16.7. The van der Waals surface area contributed by atoms with Crippen molar-refractivity contribution >= 4 is 11.9 Å². The van der Waals surface area contributed by atoms with E-state index >= 15 is 0 Å². The van der Waals surface area contributed by atoms with Gasteiger partial charge in [-0.2, -0.15) is 0 Å². The van der Waals surface area contributed by atoms with E-state index in [-0.39, 0.29) is 35.2 Å². The molecule has 19 heteroatoms. The van der Waals surface area contributed by atoms with E-state index < -0.39 is 139 Å². The number of esters is 1.